The lowest BCUT2D eigenvalue weighted by Crippen LogP contribution is -2.49. The molecule has 1 heterocycles. The summed E-state index contributed by atoms with van der Waals surface area (Å²) in [7, 11) is 1.43. The first kappa shape index (κ1) is 24.1. The maximum Gasteiger partial charge on any atom is 0.407 e. The molecule has 0 saturated carbocycles. The summed E-state index contributed by atoms with van der Waals surface area (Å²) in [5.74, 6) is -0.640. The van der Waals surface area contributed by atoms with Gasteiger partial charge in [-0.25, -0.2) is 4.79 Å². The molecule has 9 heteroatoms. The van der Waals surface area contributed by atoms with Crippen LogP contribution in [0.15, 0.2) is 48.5 Å². The Labute approximate surface area is 202 Å². The lowest BCUT2D eigenvalue weighted by molar-refractivity contribution is -0.143. The monoisotopic (exact) mass is 484 g/mol. The van der Waals surface area contributed by atoms with Crippen molar-refractivity contribution in [2.45, 2.75) is 23.7 Å². The van der Waals surface area contributed by atoms with Gasteiger partial charge in [0, 0.05) is 44.8 Å². The van der Waals surface area contributed by atoms with Crippen LogP contribution in [0.5, 0.6) is 0 Å². The Kier molecular flexibility index (Phi) is 7.74. The molecule has 1 aliphatic heterocycles. The minimum atomic E-state index is -0.923. The van der Waals surface area contributed by atoms with E-state index in [2.05, 4.69) is 29.6 Å². The quantitative estimate of drug-likeness (QED) is 0.594. The fourth-order valence-corrected chi connectivity index (χ4v) is 5.54. The summed E-state index contributed by atoms with van der Waals surface area (Å²) < 4.78 is 10.8. The van der Waals surface area contributed by atoms with E-state index in [1.165, 1.54) is 23.8 Å². The van der Waals surface area contributed by atoms with Crippen LogP contribution in [-0.4, -0.2) is 78.4 Å². The van der Waals surface area contributed by atoms with E-state index in [1.54, 1.807) is 0 Å². The molecule has 2 aliphatic rings. The molecule has 8 nitrogen and oxygen atoms in total. The Morgan fingerprint density at radius 2 is 1.76 bits per heavy atom. The van der Waals surface area contributed by atoms with Gasteiger partial charge in [-0.15, -0.1) is 11.8 Å². The number of thioether (sulfide) groups is 1. The third-order valence-corrected chi connectivity index (χ3v) is 7.40. The average Bonchev–Trinajstić information content (AvgIpc) is 3.19. The molecule has 4 rings (SSSR count). The average molecular weight is 485 g/mol. The van der Waals surface area contributed by atoms with Gasteiger partial charge in [0.25, 0.3) is 5.91 Å². The Morgan fingerprint density at radius 1 is 1.12 bits per heavy atom. The first-order valence-corrected chi connectivity index (χ1v) is 12.3. The predicted molar refractivity (Wildman–Crippen MR) is 129 cm³/mol. The molecule has 2 aromatic rings. The number of aliphatic carboxylic acids is 1. The van der Waals surface area contributed by atoms with Gasteiger partial charge in [-0.2, -0.15) is 0 Å². The Balaban J connectivity index is 1.27. The molecular weight excluding hydrogens is 456 g/mol. The van der Waals surface area contributed by atoms with Crippen molar-refractivity contribution in [3.63, 3.8) is 0 Å². The summed E-state index contributed by atoms with van der Waals surface area (Å²) in [6.07, 6.45) is -1.04. The van der Waals surface area contributed by atoms with Crippen LogP contribution >= 0.6 is 11.8 Å². The van der Waals surface area contributed by atoms with E-state index in [1.807, 2.05) is 24.3 Å². The van der Waals surface area contributed by atoms with Gasteiger partial charge < -0.3 is 24.8 Å². The normalized spacial score (nSPS) is 18.0. The number of ether oxygens (including phenoxy) is 2. The Hall–Kier alpha value is -3.04. The van der Waals surface area contributed by atoms with Crippen molar-refractivity contribution in [1.82, 2.24) is 10.2 Å². The fraction of sp³-hybridized carbons (Fsp3) is 0.400. The number of alkyl carbamates (subject to hydrolysis) is 1. The number of rotatable bonds is 8. The second-order valence-corrected chi connectivity index (χ2v) is 9.56. The van der Waals surface area contributed by atoms with Gasteiger partial charge in [-0.3, -0.25) is 9.59 Å². The van der Waals surface area contributed by atoms with E-state index in [0.29, 0.717) is 12.3 Å². The number of nitrogens with zero attached hydrogens (tertiary/aromatic N) is 1. The molecule has 2 atom stereocenters. The molecule has 2 N–H and O–H groups in total. The lowest BCUT2D eigenvalue weighted by atomic mass is 9.98. The van der Waals surface area contributed by atoms with Crippen LogP contribution in [0.3, 0.4) is 0 Å². The number of benzene rings is 2. The zero-order valence-corrected chi connectivity index (χ0v) is 19.8. The highest BCUT2D eigenvalue weighted by atomic mass is 32.2. The molecule has 0 aromatic heterocycles. The molecule has 0 bridgehead atoms. The summed E-state index contributed by atoms with van der Waals surface area (Å²) in [6.45, 7) is 1.05. The van der Waals surface area contributed by atoms with Gasteiger partial charge >= 0.3 is 12.1 Å². The first-order chi connectivity index (χ1) is 16.5. The minimum absolute atomic E-state index is 0.0226. The molecule has 2 unspecified atom stereocenters. The lowest BCUT2D eigenvalue weighted by Gasteiger charge is -2.32. The molecule has 0 radical (unpaired) electrons. The second kappa shape index (κ2) is 10.9. The standard InChI is InChI=1S/C25H28N2O6S/c1-32-21(23(28)27-12-13-34-22(14-27)24(29)30)10-11-26-25(31)33-15-20-18-8-4-2-6-16(18)17-7-3-5-9-19(17)20/h2-9,20-22H,10-15H2,1H3,(H,26,31)(H,29,30). The number of carbonyl (C=O) groups is 3. The number of amides is 2. The highest BCUT2D eigenvalue weighted by molar-refractivity contribution is 8.00. The molecule has 2 amide bonds. The number of nitrogens with one attached hydrogen (secondary N) is 1. The van der Waals surface area contributed by atoms with Crippen LogP contribution in [0, 0.1) is 0 Å². The van der Waals surface area contributed by atoms with E-state index < -0.39 is 23.4 Å². The van der Waals surface area contributed by atoms with Gasteiger partial charge in [0.05, 0.1) is 0 Å². The van der Waals surface area contributed by atoms with Crippen molar-refractivity contribution < 1.29 is 29.0 Å². The van der Waals surface area contributed by atoms with Crippen molar-refractivity contribution in [1.29, 1.82) is 0 Å². The van der Waals surface area contributed by atoms with Crippen molar-refractivity contribution in [3.05, 3.63) is 59.7 Å². The van der Waals surface area contributed by atoms with E-state index in [9.17, 15) is 19.5 Å². The number of hydrogen-bond acceptors (Lipinski definition) is 6. The third-order valence-electron chi connectivity index (χ3n) is 6.23. The molecule has 1 fully saturated rings. The summed E-state index contributed by atoms with van der Waals surface area (Å²) in [5.41, 5.74) is 4.60. The van der Waals surface area contributed by atoms with Crippen LogP contribution < -0.4 is 5.32 Å². The minimum Gasteiger partial charge on any atom is -0.480 e. The van der Waals surface area contributed by atoms with E-state index in [0.717, 1.165) is 22.3 Å². The molecular formula is C25H28N2O6S. The summed E-state index contributed by atoms with van der Waals surface area (Å²) in [5, 5.41) is 11.3. The number of carboxylic acids is 1. The molecule has 2 aromatic carbocycles. The van der Waals surface area contributed by atoms with Crippen LogP contribution in [0.25, 0.3) is 11.1 Å². The number of carbonyl (C=O) groups excluding carboxylic acids is 2. The SMILES string of the molecule is COC(CCNC(=O)OCC1c2ccccc2-c2ccccc21)C(=O)N1CCSC(C(=O)O)C1. The summed E-state index contributed by atoms with van der Waals surface area (Å²) in [4.78, 5) is 37.9. The van der Waals surface area contributed by atoms with Crippen molar-refractivity contribution in [2.24, 2.45) is 0 Å². The van der Waals surface area contributed by atoms with Gasteiger partial charge in [-0.05, 0) is 22.3 Å². The van der Waals surface area contributed by atoms with Crippen molar-refractivity contribution in [3.8, 4) is 11.1 Å². The Morgan fingerprint density at radius 3 is 2.38 bits per heavy atom. The van der Waals surface area contributed by atoms with Crippen LogP contribution in [0.2, 0.25) is 0 Å². The molecule has 0 spiro atoms. The van der Waals surface area contributed by atoms with Crippen LogP contribution in [-0.2, 0) is 19.1 Å². The zero-order valence-electron chi connectivity index (χ0n) is 18.9. The third kappa shape index (κ3) is 5.20. The van der Waals surface area contributed by atoms with E-state index in [-0.39, 0.29) is 37.9 Å². The van der Waals surface area contributed by atoms with E-state index >= 15 is 0 Å². The highest BCUT2D eigenvalue weighted by Crippen LogP contribution is 2.44. The topological polar surface area (TPSA) is 105 Å². The van der Waals surface area contributed by atoms with Gasteiger partial charge in [-0.1, -0.05) is 48.5 Å². The maximum atomic E-state index is 12.8. The summed E-state index contributed by atoms with van der Waals surface area (Å²) >= 11 is 1.33. The maximum absolute atomic E-state index is 12.8. The Bertz CT molecular complexity index is 1020. The molecule has 1 aliphatic carbocycles. The number of methoxy groups -OCH3 is 1. The van der Waals surface area contributed by atoms with E-state index in [4.69, 9.17) is 9.47 Å². The first-order valence-electron chi connectivity index (χ1n) is 11.2. The number of hydrogen-bond donors (Lipinski definition) is 2. The van der Waals surface area contributed by atoms with Crippen molar-refractivity contribution >= 4 is 29.7 Å². The fourth-order valence-electron chi connectivity index (χ4n) is 4.50. The zero-order chi connectivity index (χ0) is 24.1. The van der Waals surface area contributed by atoms with Gasteiger partial charge in [0.1, 0.15) is 18.0 Å². The van der Waals surface area contributed by atoms with Crippen LogP contribution in [0.4, 0.5) is 4.79 Å². The smallest absolute Gasteiger partial charge is 0.407 e. The molecule has 1 saturated heterocycles. The number of carboxylic acid groups (broad SMARTS) is 1. The van der Waals surface area contributed by atoms with Crippen LogP contribution in [0.1, 0.15) is 23.5 Å². The highest BCUT2D eigenvalue weighted by Gasteiger charge is 2.32. The van der Waals surface area contributed by atoms with Gasteiger partial charge in [0.2, 0.25) is 0 Å². The summed E-state index contributed by atoms with van der Waals surface area (Å²) in [6, 6.07) is 16.3. The van der Waals surface area contributed by atoms with Gasteiger partial charge in [0.15, 0.2) is 0 Å². The second-order valence-electron chi connectivity index (χ2n) is 8.25. The largest absolute Gasteiger partial charge is 0.480 e. The number of fused-ring (bicyclic) bond motifs is 3. The molecule has 180 valence electrons. The van der Waals surface area contributed by atoms with Crippen molar-refractivity contribution in [2.75, 3.05) is 39.1 Å². The predicted octanol–water partition coefficient (Wildman–Crippen LogP) is 2.96. The molecule has 34 heavy (non-hydrogen) atoms.